The fourth-order valence-corrected chi connectivity index (χ4v) is 4.00. The van der Waals surface area contributed by atoms with Gasteiger partial charge >= 0.3 is 0 Å². The van der Waals surface area contributed by atoms with Crippen molar-refractivity contribution in [1.29, 1.82) is 0 Å². The number of ether oxygens (including phenoxy) is 1. The Hall–Kier alpha value is -2.90. The molecule has 0 radical (unpaired) electrons. The van der Waals surface area contributed by atoms with E-state index in [1.54, 1.807) is 12.1 Å². The Morgan fingerprint density at radius 3 is 2.52 bits per heavy atom. The Kier molecular flexibility index (Phi) is 7.62. The first-order chi connectivity index (χ1) is 16.0. The molecule has 2 heterocycles. The highest BCUT2D eigenvalue weighted by Gasteiger charge is 2.26. The number of hydrogen-bond donors (Lipinski definition) is 1. The van der Waals surface area contributed by atoms with Gasteiger partial charge in [-0.1, -0.05) is 28.9 Å². The van der Waals surface area contributed by atoms with E-state index in [-0.39, 0.29) is 17.9 Å². The summed E-state index contributed by atoms with van der Waals surface area (Å²) in [6.45, 7) is 6.74. The van der Waals surface area contributed by atoms with E-state index in [1.807, 2.05) is 50.2 Å². The average molecular weight is 469 g/mol. The maximum Gasteiger partial charge on any atom is 0.241 e. The molecule has 7 nitrogen and oxygen atoms in total. The van der Waals surface area contributed by atoms with E-state index in [9.17, 15) is 4.79 Å². The molecule has 0 saturated carbocycles. The Labute approximate surface area is 199 Å². The van der Waals surface area contributed by atoms with E-state index in [1.165, 1.54) is 0 Å². The zero-order valence-corrected chi connectivity index (χ0v) is 19.7. The first-order valence-electron chi connectivity index (χ1n) is 11.3. The summed E-state index contributed by atoms with van der Waals surface area (Å²) in [6, 6.07) is 15.2. The molecule has 0 atom stereocenters. The summed E-state index contributed by atoms with van der Waals surface area (Å²) in [7, 11) is 0. The van der Waals surface area contributed by atoms with E-state index < -0.39 is 0 Å². The number of nitrogens with one attached hydrogen (secondary N) is 1. The number of carbonyl (C=O) groups is 1. The van der Waals surface area contributed by atoms with Gasteiger partial charge < -0.3 is 14.6 Å². The molecule has 0 unspecified atom stereocenters. The Morgan fingerprint density at radius 2 is 1.85 bits per heavy atom. The van der Waals surface area contributed by atoms with Crippen LogP contribution in [-0.4, -0.2) is 40.1 Å². The van der Waals surface area contributed by atoms with Gasteiger partial charge in [-0.25, -0.2) is 0 Å². The third kappa shape index (κ3) is 6.55. The molecule has 0 spiro atoms. The number of amides is 1. The quantitative estimate of drug-likeness (QED) is 0.516. The lowest BCUT2D eigenvalue weighted by Gasteiger charge is -2.30. The molecule has 1 amide bonds. The van der Waals surface area contributed by atoms with Gasteiger partial charge in [0, 0.05) is 23.0 Å². The van der Waals surface area contributed by atoms with Crippen molar-refractivity contribution in [3.63, 3.8) is 0 Å². The normalized spacial score (nSPS) is 15.0. The molecule has 1 aliphatic heterocycles. The molecule has 3 aromatic rings. The summed E-state index contributed by atoms with van der Waals surface area (Å²) < 4.78 is 11.1. The molecule has 0 aliphatic carbocycles. The zero-order valence-electron chi connectivity index (χ0n) is 19.0. The number of likely N-dealkylation sites (tertiary alicyclic amines) is 1. The van der Waals surface area contributed by atoms with E-state index in [0.29, 0.717) is 29.8 Å². The fourth-order valence-electron chi connectivity index (χ4n) is 3.87. The molecule has 174 valence electrons. The monoisotopic (exact) mass is 468 g/mol. The van der Waals surface area contributed by atoms with Gasteiger partial charge in [0.15, 0.2) is 0 Å². The minimum atomic E-state index is 0.0251. The van der Waals surface area contributed by atoms with Gasteiger partial charge in [0.05, 0.1) is 12.6 Å². The Bertz CT molecular complexity index is 1040. The standard InChI is InChI=1S/C25H29ClN4O3/c1-17(2)32-22-9-3-18(4-10-22)15-27-25(31)20-11-13-30(14-12-20)16-23-28-24(29-33-23)19-5-7-21(26)8-6-19/h3-10,17,20H,11-16H2,1-2H3,(H,27,31). The van der Waals surface area contributed by atoms with Crippen molar-refractivity contribution in [2.45, 2.75) is 45.9 Å². The number of piperidine rings is 1. The average Bonchev–Trinajstić information content (AvgIpc) is 3.27. The predicted octanol–water partition coefficient (Wildman–Crippen LogP) is 4.71. The van der Waals surface area contributed by atoms with Crippen molar-refractivity contribution in [1.82, 2.24) is 20.4 Å². The molecule has 4 rings (SSSR count). The van der Waals surface area contributed by atoms with Crippen molar-refractivity contribution in [2.75, 3.05) is 13.1 Å². The van der Waals surface area contributed by atoms with Crippen LogP contribution < -0.4 is 10.1 Å². The van der Waals surface area contributed by atoms with E-state index >= 15 is 0 Å². The second-order valence-electron chi connectivity index (χ2n) is 8.60. The van der Waals surface area contributed by atoms with Crippen molar-refractivity contribution in [3.05, 3.63) is 65.0 Å². The third-order valence-corrected chi connectivity index (χ3v) is 5.90. The van der Waals surface area contributed by atoms with Gasteiger partial charge in [0.1, 0.15) is 5.75 Å². The maximum atomic E-state index is 12.6. The smallest absolute Gasteiger partial charge is 0.241 e. The highest BCUT2D eigenvalue weighted by molar-refractivity contribution is 6.30. The summed E-state index contributed by atoms with van der Waals surface area (Å²) in [6.07, 6.45) is 1.77. The number of rotatable bonds is 8. The van der Waals surface area contributed by atoms with Crippen molar-refractivity contribution >= 4 is 17.5 Å². The first-order valence-corrected chi connectivity index (χ1v) is 11.7. The SMILES string of the molecule is CC(C)Oc1ccc(CNC(=O)C2CCN(Cc3nc(-c4ccc(Cl)cc4)no3)CC2)cc1. The Morgan fingerprint density at radius 1 is 1.15 bits per heavy atom. The lowest BCUT2D eigenvalue weighted by Crippen LogP contribution is -2.40. The summed E-state index contributed by atoms with van der Waals surface area (Å²) in [4.78, 5) is 19.4. The van der Waals surface area contributed by atoms with Crippen LogP contribution in [0.25, 0.3) is 11.4 Å². The second kappa shape index (κ2) is 10.8. The topological polar surface area (TPSA) is 80.5 Å². The molecular formula is C25H29ClN4O3. The Balaban J connectivity index is 1.21. The van der Waals surface area contributed by atoms with Gasteiger partial charge in [0.25, 0.3) is 0 Å². The van der Waals surface area contributed by atoms with Gasteiger partial charge in [-0.3, -0.25) is 9.69 Å². The number of aromatic nitrogens is 2. The van der Waals surface area contributed by atoms with E-state index in [2.05, 4.69) is 20.4 Å². The summed E-state index contributed by atoms with van der Waals surface area (Å²) in [5, 5.41) is 7.81. The van der Waals surface area contributed by atoms with Crippen LogP contribution in [0.15, 0.2) is 53.1 Å². The number of carbonyl (C=O) groups excluding carboxylic acids is 1. The molecule has 33 heavy (non-hydrogen) atoms. The number of halogens is 1. The summed E-state index contributed by atoms with van der Waals surface area (Å²) >= 11 is 5.93. The largest absolute Gasteiger partial charge is 0.491 e. The van der Waals surface area contributed by atoms with Crippen LogP contribution in [0.5, 0.6) is 5.75 Å². The van der Waals surface area contributed by atoms with Crippen LogP contribution >= 0.6 is 11.6 Å². The van der Waals surface area contributed by atoms with E-state index in [4.69, 9.17) is 20.9 Å². The predicted molar refractivity (Wildman–Crippen MR) is 127 cm³/mol. The molecule has 8 heteroatoms. The van der Waals surface area contributed by atoms with Crippen LogP contribution in [0.3, 0.4) is 0 Å². The minimum Gasteiger partial charge on any atom is -0.491 e. The highest BCUT2D eigenvalue weighted by Crippen LogP contribution is 2.22. The van der Waals surface area contributed by atoms with Crippen LogP contribution in [0.2, 0.25) is 5.02 Å². The van der Waals surface area contributed by atoms with E-state index in [0.717, 1.165) is 42.8 Å². The molecule has 2 aromatic carbocycles. The summed E-state index contributed by atoms with van der Waals surface area (Å²) in [5.41, 5.74) is 1.93. The molecular weight excluding hydrogens is 440 g/mol. The van der Waals surface area contributed by atoms with Gasteiger partial charge in [-0.2, -0.15) is 4.98 Å². The molecule has 1 saturated heterocycles. The number of hydrogen-bond acceptors (Lipinski definition) is 6. The van der Waals surface area contributed by atoms with Crippen LogP contribution in [0, 0.1) is 5.92 Å². The van der Waals surface area contributed by atoms with Gasteiger partial charge in [0.2, 0.25) is 17.6 Å². The van der Waals surface area contributed by atoms with Gasteiger partial charge in [-0.05, 0) is 81.7 Å². The number of benzene rings is 2. The van der Waals surface area contributed by atoms with Crippen LogP contribution in [0.1, 0.15) is 38.1 Å². The zero-order chi connectivity index (χ0) is 23.2. The fraction of sp³-hybridized carbons (Fsp3) is 0.400. The maximum absolute atomic E-state index is 12.6. The second-order valence-corrected chi connectivity index (χ2v) is 9.03. The summed E-state index contributed by atoms with van der Waals surface area (Å²) in [5.74, 6) is 2.11. The van der Waals surface area contributed by atoms with Crippen molar-refractivity contribution in [3.8, 4) is 17.1 Å². The molecule has 0 bridgehead atoms. The number of nitrogens with zero attached hydrogens (tertiary/aromatic N) is 3. The lowest BCUT2D eigenvalue weighted by molar-refractivity contribution is -0.126. The van der Waals surface area contributed by atoms with Crippen molar-refractivity contribution < 1.29 is 14.1 Å². The van der Waals surface area contributed by atoms with Crippen LogP contribution in [-0.2, 0) is 17.9 Å². The molecule has 1 fully saturated rings. The molecule has 1 N–H and O–H groups in total. The van der Waals surface area contributed by atoms with Crippen LogP contribution in [0.4, 0.5) is 0 Å². The van der Waals surface area contributed by atoms with Gasteiger partial charge in [-0.15, -0.1) is 0 Å². The minimum absolute atomic E-state index is 0.0251. The molecule has 1 aliphatic rings. The van der Waals surface area contributed by atoms with Crippen molar-refractivity contribution in [2.24, 2.45) is 5.92 Å². The highest BCUT2D eigenvalue weighted by atomic mass is 35.5. The molecule has 1 aromatic heterocycles. The third-order valence-electron chi connectivity index (χ3n) is 5.65. The lowest BCUT2D eigenvalue weighted by atomic mass is 9.96. The first kappa shape index (κ1) is 23.3.